The standard InChI is InChI=1S/C14H25N3O2.ClH/c15-13(18)6-5-11-3-2-8-17(10-11)14(19)9-12-4-1-7-16-12;/h11-12,16H,1-10H2,(H2,15,18);1H. The van der Waals surface area contributed by atoms with Gasteiger partial charge in [-0.2, -0.15) is 0 Å². The predicted molar refractivity (Wildman–Crippen MR) is 80.6 cm³/mol. The summed E-state index contributed by atoms with van der Waals surface area (Å²) in [5, 5.41) is 3.37. The summed E-state index contributed by atoms with van der Waals surface area (Å²) in [6.45, 7) is 2.72. The van der Waals surface area contributed by atoms with Crippen molar-refractivity contribution in [2.45, 2.75) is 51.0 Å². The molecule has 0 saturated carbocycles. The van der Waals surface area contributed by atoms with Gasteiger partial charge in [0.25, 0.3) is 0 Å². The second-order valence-corrected chi connectivity index (χ2v) is 5.85. The number of likely N-dealkylation sites (tertiary alicyclic amines) is 1. The highest BCUT2D eigenvalue weighted by Gasteiger charge is 2.26. The van der Waals surface area contributed by atoms with Crippen molar-refractivity contribution in [3.05, 3.63) is 0 Å². The molecule has 5 nitrogen and oxygen atoms in total. The van der Waals surface area contributed by atoms with Crippen LogP contribution >= 0.6 is 12.4 Å². The third-order valence-electron chi connectivity index (χ3n) is 4.25. The molecule has 6 heteroatoms. The van der Waals surface area contributed by atoms with Crippen molar-refractivity contribution in [1.82, 2.24) is 10.2 Å². The molecule has 2 amide bonds. The van der Waals surface area contributed by atoms with Gasteiger partial charge in [0.05, 0.1) is 0 Å². The van der Waals surface area contributed by atoms with Crippen molar-refractivity contribution >= 4 is 24.2 Å². The molecular formula is C14H26ClN3O2. The topological polar surface area (TPSA) is 75.4 Å². The minimum absolute atomic E-state index is 0. The first kappa shape index (κ1) is 17.2. The lowest BCUT2D eigenvalue weighted by Gasteiger charge is -2.33. The van der Waals surface area contributed by atoms with Crippen molar-refractivity contribution in [3.8, 4) is 0 Å². The van der Waals surface area contributed by atoms with E-state index in [0.29, 0.717) is 24.8 Å². The summed E-state index contributed by atoms with van der Waals surface area (Å²) >= 11 is 0. The highest BCUT2D eigenvalue weighted by molar-refractivity contribution is 5.85. The molecule has 0 aromatic rings. The number of nitrogens with zero attached hydrogens (tertiary/aromatic N) is 1. The number of nitrogens with one attached hydrogen (secondary N) is 1. The Kier molecular flexibility index (Phi) is 7.30. The molecule has 2 aliphatic rings. The summed E-state index contributed by atoms with van der Waals surface area (Å²) in [6, 6.07) is 0.374. The Bertz CT molecular complexity index is 332. The highest BCUT2D eigenvalue weighted by Crippen LogP contribution is 2.22. The molecule has 0 spiro atoms. The van der Waals surface area contributed by atoms with E-state index in [1.807, 2.05) is 4.90 Å². The number of hydrogen-bond acceptors (Lipinski definition) is 3. The largest absolute Gasteiger partial charge is 0.370 e. The maximum absolute atomic E-state index is 12.2. The van der Waals surface area contributed by atoms with E-state index in [4.69, 9.17) is 5.73 Å². The summed E-state index contributed by atoms with van der Waals surface area (Å²) in [4.78, 5) is 25.0. The van der Waals surface area contributed by atoms with Crippen LogP contribution in [0, 0.1) is 5.92 Å². The van der Waals surface area contributed by atoms with E-state index >= 15 is 0 Å². The molecule has 3 N–H and O–H groups in total. The van der Waals surface area contributed by atoms with Crippen molar-refractivity contribution in [2.24, 2.45) is 11.7 Å². The zero-order valence-corrected chi connectivity index (χ0v) is 12.8. The Hall–Kier alpha value is -0.810. The number of halogens is 1. The van der Waals surface area contributed by atoms with Crippen LogP contribution in [0.2, 0.25) is 0 Å². The molecule has 2 unspecified atom stereocenters. The van der Waals surface area contributed by atoms with Gasteiger partial charge in [-0.25, -0.2) is 0 Å². The third kappa shape index (κ3) is 5.29. The fraction of sp³-hybridized carbons (Fsp3) is 0.857. The van der Waals surface area contributed by atoms with E-state index in [2.05, 4.69) is 5.32 Å². The molecule has 0 aromatic heterocycles. The molecule has 0 aromatic carbocycles. The van der Waals surface area contributed by atoms with E-state index in [0.717, 1.165) is 45.3 Å². The first-order valence-corrected chi connectivity index (χ1v) is 7.44. The summed E-state index contributed by atoms with van der Waals surface area (Å²) in [6.07, 6.45) is 6.34. The van der Waals surface area contributed by atoms with Gasteiger partial charge in [-0.15, -0.1) is 12.4 Å². The van der Waals surface area contributed by atoms with Crippen molar-refractivity contribution in [3.63, 3.8) is 0 Å². The van der Waals surface area contributed by atoms with E-state index in [9.17, 15) is 9.59 Å². The SMILES string of the molecule is Cl.NC(=O)CCC1CCCN(C(=O)CC2CCCN2)C1. The van der Waals surface area contributed by atoms with E-state index in [-0.39, 0.29) is 24.2 Å². The van der Waals surface area contributed by atoms with Gasteiger partial charge >= 0.3 is 0 Å². The van der Waals surface area contributed by atoms with Crippen LogP contribution in [0.15, 0.2) is 0 Å². The average Bonchev–Trinajstić information content (AvgIpc) is 2.89. The molecule has 116 valence electrons. The molecular weight excluding hydrogens is 278 g/mol. The van der Waals surface area contributed by atoms with Gasteiger partial charge in [0.1, 0.15) is 0 Å². The number of hydrogen-bond donors (Lipinski definition) is 2. The smallest absolute Gasteiger partial charge is 0.224 e. The number of carbonyl (C=O) groups excluding carboxylic acids is 2. The van der Waals surface area contributed by atoms with Crippen LogP contribution in [0.1, 0.15) is 44.9 Å². The maximum atomic E-state index is 12.2. The van der Waals surface area contributed by atoms with Crippen LogP contribution in [-0.4, -0.2) is 42.4 Å². The number of amides is 2. The number of primary amides is 1. The summed E-state index contributed by atoms with van der Waals surface area (Å²) in [5.74, 6) is 0.475. The van der Waals surface area contributed by atoms with Crippen LogP contribution in [0.25, 0.3) is 0 Å². The summed E-state index contributed by atoms with van der Waals surface area (Å²) in [7, 11) is 0. The van der Waals surface area contributed by atoms with Gasteiger partial charge in [-0.1, -0.05) is 0 Å². The monoisotopic (exact) mass is 303 g/mol. The lowest BCUT2D eigenvalue weighted by molar-refractivity contribution is -0.133. The fourth-order valence-corrected chi connectivity index (χ4v) is 3.14. The predicted octanol–water partition coefficient (Wildman–Crippen LogP) is 1.05. The van der Waals surface area contributed by atoms with Gasteiger partial charge in [-0.05, 0) is 44.6 Å². The van der Waals surface area contributed by atoms with Gasteiger partial charge in [0.2, 0.25) is 11.8 Å². The highest BCUT2D eigenvalue weighted by atomic mass is 35.5. The van der Waals surface area contributed by atoms with Gasteiger partial charge in [0, 0.05) is 32.0 Å². The third-order valence-corrected chi connectivity index (χ3v) is 4.25. The average molecular weight is 304 g/mol. The van der Waals surface area contributed by atoms with Crippen molar-refractivity contribution in [2.75, 3.05) is 19.6 Å². The van der Waals surface area contributed by atoms with Crippen LogP contribution in [-0.2, 0) is 9.59 Å². The summed E-state index contributed by atoms with van der Waals surface area (Å²) in [5.41, 5.74) is 5.19. The molecule has 2 fully saturated rings. The molecule has 2 rings (SSSR count). The van der Waals surface area contributed by atoms with E-state index in [1.165, 1.54) is 6.42 Å². The van der Waals surface area contributed by atoms with E-state index in [1.54, 1.807) is 0 Å². The van der Waals surface area contributed by atoms with Gasteiger partial charge < -0.3 is 16.0 Å². The van der Waals surface area contributed by atoms with Crippen LogP contribution in [0.4, 0.5) is 0 Å². The molecule has 0 bridgehead atoms. The number of carbonyl (C=O) groups is 2. The molecule has 2 aliphatic heterocycles. The molecule has 20 heavy (non-hydrogen) atoms. The van der Waals surface area contributed by atoms with E-state index < -0.39 is 0 Å². The Morgan fingerprint density at radius 1 is 1.25 bits per heavy atom. The number of rotatable bonds is 5. The minimum Gasteiger partial charge on any atom is -0.370 e. The zero-order valence-electron chi connectivity index (χ0n) is 12.0. The lowest BCUT2D eigenvalue weighted by atomic mass is 9.93. The maximum Gasteiger partial charge on any atom is 0.224 e. The molecule has 2 heterocycles. The molecule has 2 atom stereocenters. The van der Waals surface area contributed by atoms with Gasteiger partial charge in [-0.3, -0.25) is 9.59 Å². The first-order chi connectivity index (χ1) is 9.15. The number of piperidine rings is 1. The Morgan fingerprint density at radius 2 is 2.05 bits per heavy atom. The summed E-state index contributed by atoms with van der Waals surface area (Å²) < 4.78 is 0. The van der Waals surface area contributed by atoms with Crippen LogP contribution in [0.5, 0.6) is 0 Å². The lowest BCUT2D eigenvalue weighted by Crippen LogP contribution is -2.42. The minimum atomic E-state index is -0.237. The normalized spacial score (nSPS) is 26.1. The van der Waals surface area contributed by atoms with Gasteiger partial charge in [0.15, 0.2) is 0 Å². The van der Waals surface area contributed by atoms with Crippen molar-refractivity contribution < 1.29 is 9.59 Å². The second kappa shape index (κ2) is 8.47. The van der Waals surface area contributed by atoms with Crippen LogP contribution in [0.3, 0.4) is 0 Å². The quantitative estimate of drug-likeness (QED) is 0.797. The zero-order chi connectivity index (χ0) is 13.7. The Labute approximate surface area is 127 Å². The van der Waals surface area contributed by atoms with Crippen molar-refractivity contribution in [1.29, 1.82) is 0 Å². The second-order valence-electron chi connectivity index (χ2n) is 5.85. The Morgan fingerprint density at radius 3 is 2.70 bits per heavy atom. The number of nitrogens with two attached hydrogens (primary N) is 1. The molecule has 0 radical (unpaired) electrons. The van der Waals surface area contributed by atoms with Crippen LogP contribution < -0.4 is 11.1 Å². The Balaban J connectivity index is 0.00000200. The molecule has 2 saturated heterocycles. The fourth-order valence-electron chi connectivity index (χ4n) is 3.14. The molecule has 0 aliphatic carbocycles. The first-order valence-electron chi connectivity index (χ1n) is 7.44.